The lowest BCUT2D eigenvalue weighted by molar-refractivity contribution is 0.991. The Bertz CT molecular complexity index is 1820. The van der Waals surface area contributed by atoms with Gasteiger partial charge in [0.1, 0.15) is 0 Å². The number of nitrogens with zero attached hydrogens (tertiary/aromatic N) is 3. The molecule has 3 heteroatoms. The van der Waals surface area contributed by atoms with Gasteiger partial charge in [-0.05, 0) is 81.3 Å². The Kier molecular flexibility index (Phi) is 3.78. The number of allylic oxidation sites excluding steroid dienone is 4. The Hall–Kier alpha value is -4.50. The second-order valence-corrected chi connectivity index (χ2v) is 9.38. The van der Waals surface area contributed by atoms with E-state index in [9.17, 15) is 0 Å². The van der Waals surface area contributed by atoms with E-state index in [1.165, 1.54) is 49.9 Å². The summed E-state index contributed by atoms with van der Waals surface area (Å²) in [5, 5.41) is 3.89. The van der Waals surface area contributed by atoms with E-state index in [1.54, 1.807) is 0 Å². The van der Waals surface area contributed by atoms with Crippen LogP contribution in [0, 0.1) is 0 Å². The molecule has 0 fully saturated rings. The fraction of sp³-hybridized carbons (Fsp3) is 0.0625. The van der Waals surface area contributed by atoms with Gasteiger partial charge in [-0.25, -0.2) is 0 Å². The first-order valence-electron chi connectivity index (χ1n) is 12.1. The van der Waals surface area contributed by atoms with Crippen molar-refractivity contribution in [2.45, 2.75) is 12.8 Å². The summed E-state index contributed by atoms with van der Waals surface area (Å²) in [6, 6.07) is 26.4. The minimum Gasteiger partial charge on any atom is -0.310 e. The highest BCUT2D eigenvalue weighted by Gasteiger charge is 2.23. The highest BCUT2D eigenvalue weighted by molar-refractivity contribution is 6.17. The minimum atomic E-state index is 0.970. The van der Waals surface area contributed by atoms with E-state index in [1.807, 2.05) is 24.7 Å². The Morgan fingerprint density at radius 3 is 2.29 bits per heavy atom. The number of aromatic nitrogens is 3. The molecule has 8 rings (SSSR count). The van der Waals surface area contributed by atoms with Gasteiger partial charge < -0.3 is 4.57 Å². The first-order chi connectivity index (χ1) is 17.4. The van der Waals surface area contributed by atoms with Crippen molar-refractivity contribution in [1.82, 2.24) is 14.5 Å². The van der Waals surface area contributed by atoms with Crippen molar-refractivity contribution in [3.63, 3.8) is 0 Å². The van der Waals surface area contributed by atoms with E-state index < -0.39 is 0 Å². The second-order valence-electron chi connectivity index (χ2n) is 9.38. The number of hydrogen-bond donors (Lipinski definition) is 0. The minimum absolute atomic E-state index is 0.970. The molecule has 164 valence electrons. The number of benzene rings is 3. The lowest BCUT2D eigenvalue weighted by Crippen LogP contribution is -2.01. The molecule has 0 radical (unpaired) electrons. The first kappa shape index (κ1) is 18.9. The van der Waals surface area contributed by atoms with Crippen LogP contribution in [0.4, 0.5) is 0 Å². The van der Waals surface area contributed by atoms with Crippen molar-refractivity contribution < 1.29 is 0 Å². The summed E-state index contributed by atoms with van der Waals surface area (Å²) in [5.41, 5.74) is 12.7. The third-order valence-corrected chi connectivity index (χ3v) is 7.63. The molecule has 0 bridgehead atoms. The Balaban J connectivity index is 1.29. The van der Waals surface area contributed by atoms with Crippen LogP contribution < -0.4 is 0 Å². The zero-order valence-electron chi connectivity index (χ0n) is 19.1. The van der Waals surface area contributed by atoms with E-state index in [0.29, 0.717) is 0 Å². The monoisotopic (exact) mass is 447 g/mol. The smallest absolute Gasteiger partial charge is 0.0964 e. The summed E-state index contributed by atoms with van der Waals surface area (Å²) in [7, 11) is 0. The van der Waals surface area contributed by atoms with E-state index in [-0.39, 0.29) is 0 Å². The Labute approximate surface area is 202 Å². The van der Waals surface area contributed by atoms with Crippen LogP contribution in [0.1, 0.15) is 18.4 Å². The highest BCUT2D eigenvalue weighted by atomic mass is 15.0. The van der Waals surface area contributed by atoms with Gasteiger partial charge in [0.25, 0.3) is 0 Å². The molecular weight excluding hydrogens is 426 g/mol. The van der Waals surface area contributed by atoms with Gasteiger partial charge in [-0.15, -0.1) is 0 Å². The molecule has 2 aliphatic rings. The maximum absolute atomic E-state index is 4.67. The molecule has 0 saturated carbocycles. The fourth-order valence-electron chi connectivity index (χ4n) is 6.11. The number of fused-ring (bicyclic) bond motifs is 6. The summed E-state index contributed by atoms with van der Waals surface area (Å²) >= 11 is 0. The van der Waals surface area contributed by atoms with Gasteiger partial charge in [-0.3, -0.25) is 9.97 Å². The molecule has 0 saturated heterocycles. The second kappa shape index (κ2) is 7.00. The molecule has 3 nitrogen and oxygen atoms in total. The molecular formula is C32H21N3. The quantitative estimate of drug-likeness (QED) is 0.268. The van der Waals surface area contributed by atoms with Gasteiger partial charge in [0.15, 0.2) is 0 Å². The van der Waals surface area contributed by atoms with Crippen molar-refractivity contribution >= 4 is 44.0 Å². The highest BCUT2D eigenvalue weighted by Crippen LogP contribution is 2.49. The molecule has 0 aliphatic heterocycles. The largest absolute Gasteiger partial charge is 0.310 e. The van der Waals surface area contributed by atoms with Crippen molar-refractivity contribution in [3.05, 3.63) is 109 Å². The molecule has 3 aromatic carbocycles. The van der Waals surface area contributed by atoms with Crippen molar-refractivity contribution in [3.8, 4) is 22.3 Å². The van der Waals surface area contributed by atoms with E-state index in [2.05, 4.69) is 93.4 Å². The molecule has 35 heavy (non-hydrogen) atoms. The molecule has 0 unspecified atom stereocenters. The number of hydrogen-bond acceptors (Lipinski definition) is 2. The maximum Gasteiger partial charge on any atom is 0.0964 e. The standard InChI is InChI=1S/C32H21N3/c1-2-6-24-23(5-1)26-8-3-7-25-22(14-15-27(24)31(25)26)20-10-12-21(13-11-20)35-29-9-4-17-34-32(29)28-16-18-33-19-30(28)35/h1-10,12,14-19H,11,13H2. The number of rotatable bonds is 2. The van der Waals surface area contributed by atoms with Crippen LogP contribution in [0.3, 0.4) is 0 Å². The summed E-state index contributed by atoms with van der Waals surface area (Å²) in [4.78, 5) is 9.08. The van der Waals surface area contributed by atoms with Gasteiger partial charge in [0, 0.05) is 23.5 Å². The molecule has 0 N–H and O–H groups in total. The summed E-state index contributed by atoms with van der Waals surface area (Å²) in [6.45, 7) is 0. The van der Waals surface area contributed by atoms with E-state index in [4.69, 9.17) is 0 Å². The Morgan fingerprint density at radius 1 is 0.600 bits per heavy atom. The van der Waals surface area contributed by atoms with Crippen LogP contribution in [-0.4, -0.2) is 14.5 Å². The van der Waals surface area contributed by atoms with Crippen LogP contribution in [0.15, 0.2) is 104 Å². The summed E-state index contributed by atoms with van der Waals surface area (Å²) in [6.07, 6.45) is 12.2. The molecule has 0 amide bonds. The molecule has 3 aromatic heterocycles. The van der Waals surface area contributed by atoms with Gasteiger partial charge >= 0.3 is 0 Å². The predicted molar refractivity (Wildman–Crippen MR) is 145 cm³/mol. The Morgan fingerprint density at radius 2 is 1.43 bits per heavy atom. The van der Waals surface area contributed by atoms with Crippen molar-refractivity contribution in [2.24, 2.45) is 0 Å². The topological polar surface area (TPSA) is 30.7 Å². The van der Waals surface area contributed by atoms with Gasteiger partial charge in [0.2, 0.25) is 0 Å². The lowest BCUT2D eigenvalue weighted by Gasteiger charge is -2.19. The van der Waals surface area contributed by atoms with Gasteiger partial charge in [-0.2, -0.15) is 0 Å². The van der Waals surface area contributed by atoms with Crippen molar-refractivity contribution in [2.75, 3.05) is 0 Å². The molecule has 6 aromatic rings. The van der Waals surface area contributed by atoms with Crippen LogP contribution in [-0.2, 0) is 0 Å². The first-order valence-corrected chi connectivity index (χ1v) is 12.1. The maximum atomic E-state index is 4.67. The van der Waals surface area contributed by atoms with E-state index in [0.717, 1.165) is 34.8 Å². The molecule has 3 heterocycles. The van der Waals surface area contributed by atoms with Crippen molar-refractivity contribution in [1.29, 1.82) is 0 Å². The van der Waals surface area contributed by atoms with Gasteiger partial charge in [0.05, 0.1) is 22.7 Å². The summed E-state index contributed by atoms with van der Waals surface area (Å²) in [5.74, 6) is 0. The average molecular weight is 448 g/mol. The van der Waals surface area contributed by atoms with Crippen LogP contribution in [0.2, 0.25) is 0 Å². The van der Waals surface area contributed by atoms with E-state index >= 15 is 0 Å². The third kappa shape index (κ3) is 2.55. The lowest BCUT2D eigenvalue weighted by atomic mass is 9.90. The average Bonchev–Trinajstić information content (AvgIpc) is 3.44. The normalized spacial score (nSPS) is 14.4. The molecule has 2 aliphatic carbocycles. The van der Waals surface area contributed by atoms with Gasteiger partial charge in [-0.1, -0.05) is 60.7 Å². The van der Waals surface area contributed by atoms with Crippen LogP contribution in [0.25, 0.3) is 66.2 Å². The predicted octanol–water partition coefficient (Wildman–Crippen LogP) is 8.10. The van der Waals surface area contributed by atoms with Crippen LogP contribution >= 0.6 is 0 Å². The SMILES string of the molecule is C1=C(c2ccc3c4c(cccc24)-c2ccccc2-3)CCC(n2c3cnccc3c3ncccc32)=C1. The molecule has 0 atom stereocenters. The zero-order chi connectivity index (χ0) is 22.9. The number of pyridine rings is 2. The zero-order valence-corrected chi connectivity index (χ0v) is 19.1. The third-order valence-electron chi connectivity index (χ3n) is 7.63. The summed E-state index contributed by atoms with van der Waals surface area (Å²) < 4.78 is 2.34. The fourth-order valence-corrected chi connectivity index (χ4v) is 6.11. The molecule has 0 spiro atoms. The van der Waals surface area contributed by atoms with Crippen LogP contribution in [0.5, 0.6) is 0 Å².